The van der Waals surface area contributed by atoms with Gasteiger partial charge in [-0.2, -0.15) is 0 Å². The number of hydrogen-bond donors (Lipinski definition) is 1. The Morgan fingerprint density at radius 1 is 1.53 bits per heavy atom. The summed E-state index contributed by atoms with van der Waals surface area (Å²) >= 11 is 0. The molecule has 1 heterocycles. The van der Waals surface area contributed by atoms with E-state index >= 15 is 0 Å². The van der Waals surface area contributed by atoms with E-state index in [1.54, 1.807) is 26.4 Å². The fourth-order valence-electron chi connectivity index (χ4n) is 1.28. The molecule has 6 heteroatoms. The lowest BCUT2D eigenvalue weighted by atomic mass is 10.2. The van der Waals surface area contributed by atoms with E-state index in [0.29, 0.717) is 12.3 Å². The van der Waals surface area contributed by atoms with Gasteiger partial charge in [0.15, 0.2) is 0 Å². The minimum atomic E-state index is -1.22. The van der Waals surface area contributed by atoms with Gasteiger partial charge in [0.25, 0.3) is 0 Å². The molecule has 1 aromatic heterocycles. The molecular weight excluding hydrogens is 238 g/mol. The van der Waals surface area contributed by atoms with Crippen molar-refractivity contribution in [2.45, 2.75) is 12.3 Å². The van der Waals surface area contributed by atoms with Crippen LogP contribution in [0.25, 0.3) is 0 Å². The Hall–Kier alpha value is -1.27. The van der Waals surface area contributed by atoms with Gasteiger partial charge < -0.3 is 10.6 Å². The van der Waals surface area contributed by atoms with Crippen molar-refractivity contribution in [2.24, 2.45) is 5.73 Å². The third-order valence-corrected chi connectivity index (χ3v) is 3.48. The van der Waals surface area contributed by atoms with Crippen LogP contribution < -0.4 is 5.73 Å². The van der Waals surface area contributed by atoms with Crippen LogP contribution in [-0.4, -0.2) is 39.8 Å². The van der Waals surface area contributed by atoms with Crippen molar-refractivity contribution in [3.8, 4) is 0 Å². The van der Waals surface area contributed by atoms with Crippen molar-refractivity contribution in [1.29, 1.82) is 0 Å². The largest absolute Gasteiger partial charge is 0.348 e. The summed E-state index contributed by atoms with van der Waals surface area (Å²) in [4.78, 5) is 16.9. The highest BCUT2D eigenvalue weighted by Gasteiger charge is 2.12. The second-order valence-electron chi connectivity index (χ2n) is 3.83. The van der Waals surface area contributed by atoms with Crippen LogP contribution in [0.5, 0.6) is 0 Å². The van der Waals surface area contributed by atoms with Gasteiger partial charge in [0.1, 0.15) is 5.75 Å². The number of aromatic nitrogens is 1. The van der Waals surface area contributed by atoms with Crippen molar-refractivity contribution >= 4 is 16.7 Å². The maximum absolute atomic E-state index is 11.8. The first-order valence-electron chi connectivity index (χ1n) is 5.22. The minimum absolute atomic E-state index is 0.0336. The zero-order valence-corrected chi connectivity index (χ0v) is 10.9. The van der Waals surface area contributed by atoms with Crippen LogP contribution in [0.2, 0.25) is 0 Å². The van der Waals surface area contributed by atoms with E-state index in [4.69, 9.17) is 5.73 Å². The zero-order chi connectivity index (χ0) is 12.8. The molecule has 0 aliphatic carbocycles. The van der Waals surface area contributed by atoms with Crippen LogP contribution in [0.1, 0.15) is 11.3 Å². The van der Waals surface area contributed by atoms with Crippen molar-refractivity contribution in [3.05, 3.63) is 29.6 Å². The number of nitrogens with zero attached hydrogens (tertiary/aromatic N) is 2. The molecule has 5 nitrogen and oxygen atoms in total. The summed E-state index contributed by atoms with van der Waals surface area (Å²) in [5.74, 6) is 0.216. The van der Waals surface area contributed by atoms with Gasteiger partial charge in [-0.25, -0.2) is 0 Å². The number of pyridine rings is 1. The fraction of sp³-hybridized carbons (Fsp3) is 0.455. The highest BCUT2D eigenvalue weighted by molar-refractivity contribution is 7.84. The van der Waals surface area contributed by atoms with E-state index in [2.05, 4.69) is 4.98 Å². The molecule has 17 heavy (non-hydrogen) atoms. The molecule has 1 rings (SSSR count). The van der Waals surface area contributed by atoms with Crippen molar-refractivity contribution in [1.82, 2.24) is 9.88 Å². The van der Waals surface area contributed by atoms with Gasteiger partial charge in [0.2, 0.25) is 5.91 Å². The number of hydrogen-bond acceptors (Lipinski definition) is 4. The summed E-state index contributed by atoms with van der Waals surface area (Å²) in [6.07, 6.45) is 1.65. The third-order valence-electron chi connectivity index (χ3n) is 2.28. The quantitative estimate of drug-likeness (QED) is 0.795. The number of rotatable bonds is 5. The van der Waals surface area contributed by atoms with E-state index in [0.717, 1.165) is 11.3 Å². The molecule has 0 saturated carbocycles. The average Bonchev–Trinajstić information content (AvgIpc) is 2.29. The second kappa shape index (κ2) is 6.46. The zero-order valence-electron chi connectivity index (χ0n) is 10.0. The van der Waals surface area contributed by atoms with Gasteiger partial charge in [0, 0.05) is 37.6 Å². The molecule has 94 valence electrons. The third kappa shape index (κ3) is 4.24. The van der Waals surface area contributed by atoms with Gasteiger partial charge in [-0.15, -0.1) is 0 Å². The molecule has 1 unspecified atom stereocenters. The van der Waals surface area contributed by atoms with E-state index in [-0.39, 0.29) is 11.7 Å². The van der Waals surface area contributed by atoms with Gasteiger partial charge in [-0.05, 0) is 11.6 Å². The lowest BCUT2D eigenvalue weighted by Gasteiger charge is -2.10. The summed E-state index contributed by atoms with van der Waals surface area (Å²) in [5.41, 5.74) is 7.12. The van der Waals surface area contributed by atoms with Crippen LogP contribution >= 0.6 is 0 Å². The smallest absolute Gasteiger partial charge is 0.234 e. The topological polar surface area (TPSA) is 76.3 Å². The van der Waals surface area contributed by atoms with Gasteiger partial charge in [0.05, 0.1) is 11.4 Å². The Morgan fingerprint density at radius 3 is 2.82 bits per heavy atom. The highest BCUT2D eigenvalue weighted by Crippen LogP contribution is 2.08. The predicted molar refractivity (Wildman–Crippen MR) is 67.5 cm³/mol. The average molecular weight is 255 g/mol. The lowest BCUT2D eigenvalue weighted by molar-refractivity contribution is -0.125. The molecule has 2 N–H and O–H groups in total. The van der Waals surface area contributed by atoms with Crippen LogP contribution in [-0.2, 0) is 27.9 Å². The SMILES string of the molecule is CN(C)C(=O)CS(=O)Cc1cccnc1CN. The minimum Gasteiger partial charge on any atom is -0.348 e. The second-order valence-corrected chi connectivity index (χ2v) is 5.29. The van der Waals surface area contributed by atoms with E-state index in [9.17, 15) is 9.00 Å². The van der Waals surface area contributed by atoms with Crippen molar-refractivity contribution in [3.63, 3.8) is 0 Å². The van der Waals surface area contributed by atoms with Gasteiger partial charge in [-0.3, -0.25) is 14.0 Å². The molecule has 0 bridgehead atoms. The van der Waals surface area contributed by atoms with Crippen LogP contribution in [0.15, 0.2) is 18.3 Å². The number of amides is 1. The Labute approximate surface area is 103 Å². The van der Waals surface area contributed by atoms with Crippen LogP contribution in [0, 0.1) is 0 Å². The standard InChI is InChI=1S/C11H17N3O2S/c1-14(2)11(15)8-17(16)7-9-4-3-5-13-10(9)6-12/h3-5H,6-8,12H2,1-2H3. The monoisotopic (exact) mass is 255 g/mol. The summed E-state index contributed by atoms with van der Waals surface area (Å²) in [6, 6.07) is 3.62. The molecule has 1 amide bonds. The molecule has 0 aliphatic rings. The molecule has 0 aromatic carbocycles. The van der Waals surface area contributed by atoms with Crippen LogP contribution in [0.4, 0.5) is 0 Å². The molecule has 0 aliphatic heterocycles. The molecule has 0 radical (unpaired) electrons. The summed E-state index contributed by atoms with van der Waals surface area (Å²) in [5, 5.41) is 0. The number of nitrogens with two attached hydrogens (primary N) is 1. The Morgan fingerprint density at radius 2 is 2.24 bits per heavy atom. The van der Waals surface area contributed by atoms with Crippen molar-refractivity contribution < 1.29 is 9.00 Å². The molecule has 1 atom stereocenters. The maximum atomic E-state index is 11.8. The van der Waals surface area contributed by atoms with E-state index < -0.39 is 10.8 Å². The molecule has 0 fully saturated rings. The summed E-state index contributed by atoms with van der Waals surface area (Å²) in [6.45, 7) is 0.314. The van der Waals surface area contributed by atoms with Gasteiger partial charge >= 0.3 is 0 Å². The molecular formula is C11H17N3O2S. The first kappa shape index (κ1) is 13.8. The molecule has 1 aromatic rings. The fourth-order valence-corrected chi connectivity index (χ4v) is 2.52. The lowest BCUT2D eigenvalue weighted by Crippen LogP contribution is -2.27. The maximum Gasteiger partial charge on any atom is 0.234 e. The highest BCUT2D eigenvalue weighted by atomic mass is 32.2. The number of carbonyl (C=O) groups is 1. The number of carbonyl (C=O) groups excluding carboxylic acids is 1. The Bertz CT molecular complexity index is 421. The summed E-state index contributed by atoms with van der Waals surface area (Å²) < 4.78 is 11.8. The summed E-state index contributed by atoms with van der Waals surface area (Å²) in [7, 11) is 2.08. The normalized spacial score (nSPS) is 12.2. The van der Waals surface area contributed by atoms with Crippen LogP contribution in [0.3, 0.4) is 0 Å². The Kier molecular flexibility index (Phi) is 5.24. The first-order chi connectivity index (χ1) is 8.04. The predicted octanol–water partition coefficient (Wildman–Crippen LogP) is -0.123. The molecule has 0 saturated heterocycles. The van der Waals surface area contributed by atoms with Gasteiger partial charge in [-0.1, -0.05) is 6.07 Å². The van der Waals surface area contributed by atoms with E-state index in [1.165, 1.54) is 4.90 Å². The Balaban J connectivity index is 2.65. The van der Waals surface area contributed by atoms with Crippen molar-refractivity contribution in [2.75, 3.05) is 19.8 Å². The first-order valence-corrected chi connectivity index (χ1v) is 6.71. The van der Waals surface area contributed by atoms with E-state index in [1.807, 2.05) is 6.07 Å². The molecule has 0 spiro atoms.